The molecule has 0 aliphatic carbocycles. The van der Waals surface area contributed by atoms with Crippen molar-refractivity contribution in [1.82, 2.24) is 13.7 Å². The van der Waals surface area contributed by atoms with Crippen LogP contribution in [0.4, 0.5) is 0 Å². The van der Waals surface area contributed by atoms with E-state index in [1.165, 1.54) is 11.6 Å². The summed E-state index contributed by atoms with van der Waals surface area (Å²) < 4.78 is 3.45. The second-order valence-corrected chi connectivity index (χ2v) is 6.82. The number of aromatic nitrogens is 3. The fourth-order valence-electron chi connectivity index (χ4n) is 3.40. The summed E-state index contributed by atoms with van der Waals surface area (Å²) in [5, 5.41) is 9.44. The Labute approximate surface area is 169 Å². The molecule has 0 aliphatic rings. The Morgan fingerprint density at radius 2 is 1.34 bits per heavy atom. The van der Waals surface area contributed by atoms with Gasteiger partial charge in [-0.3, -0.25) is 14.2 Å². The molecule has 0 radical (unpaired) electrons. The highest BCUT2D eigenvalue weighted by molar-refractivity contribution is 6.35. The van der Waals surface area contributed by atoms with Crippen molar-refractivity contribution >= 4 is 22.6 Å². The lowest BCUT2D eigenvalue weighted by Gasteiger charge is -2.18. The molecule has 8 heteroatoms. The van der Waals surface area contributed by atoms with Gasteiger partial charge in [-0.2, -0.15) is 0 Å². The quantitative estimate of drug-likeness (QED) is 0.560. The second-order valence-electron chi connectivity index (χ2n) is 6.44. The average Bonchev–Trinajstić information content (AvgIpc) is 2.73. The maximum atomic E-state index is 13.5. The van der Waals surface area contributed by atoms with Crippen molar-refractivity contribution in [2.45, 2.75) is 6.61 Å². The van der Waals surface area contributed by atoms with Crippen molar-refractivity contribution in [3.8, 4) is 11.4 Å². The van der Waals surface area contributed by atoms with Crippen molar-refractivity contribution < 1.29 is 5.11 Å². The monoisotopic (exact) mass is 409 g/mol. The highest BCUT2D eigenvalue weighted by Crippen LogP contribution is 2.23. The number of nitrogens with zero attached hydrogens (tertiary/aromatic N) is 3. The van der Waals surface area contributed by atoms with E-state index in [0.29, 0.717) is 11.4 Å². The van der Waals surface area contributed by atoms with Crippen LogP contribution in [0.25, 0.3) is 22.4 Å². The minimum atomic E-state index is -0.668. The molecule has 2 aromatic heterocycles. The summed E-state index contributed by atoms with van der Waals surface area (Å²) in [6.07, 6.45) is 0. The van der Waals surface area contributed by atoms with E-state index in [1.807, 2.05) is 0 Å². The fraction of sp³-hybridized carbons (Fsp3) is 0.0952. The molecule has 0 aliphatic heterocycles. The number of aliphatic hydroxyl groups is 1. The van der Waals surface area contributed by atoms with Gasteiger partial charge >= 0.3 is 5.69 Å². The van der Waals surface area contributed by atoms with E-state index >= 15 is 0 Å². The van der Waals surface area contributed by atoms with Gasteiger partial charge in [-0.1, -0.05) is 48.0 Å². The molecule has 0 amide bonds. The van der Waals surface area contributed by atoms with Crippen LogP contribution in [0.3, 0.4) is 0 Å². The SMILES string of the molecule is Cn1c(=O)c(CO)c(Cl)c2c(=O)n(-c3ccccc3)c(=O)n(-c3ccccc3)c21. The van der Waals surface area contributed by atoms with Crippen LogP contribution in [0.2, 0.25) is 5.02 Å². The number of aryl methyl sites for hydroxylation is 1. The summed E-state index contributed by atoms with van der Waals surface area (Å²) >= 11 is 6.39. The topological polar surface area (TPSA) is 86.2 Å². The fourth-order valence-corrected chi connectivity index (χ4v) is 3.71. The lowest BCUT2D eigenvalue weighted by atomic mass is 10.2. The highest BCUT2D eigenvalue weighted by Gasteiger charge is 2.23. The van der Waals surface area contributed by atoms with E-state index in [2.05, 4.69) is 0 Å². The van der Waals surface area contributed by atoms with Gasteiger partial charge in [-0.15, -0.1) is 0 Å². The molecule has 7 nitrogen and oxygen atoms in total. The first kappa shape index (κ1) is 18.9. The van der Waals surface area contributed by atoms with Crippen LogP contribution in [0, 0.1) is 0 Å². The molecule has 0 fully saturated rings. The van der Waals surface area contributed by atoms with Crippen molar-refractivity contribution in [2.75, 3.05) is 0 Å². The van der Waals surface area contributed by atoms with Crippen molar-refractivity contribution in [3.05, 3.63) is 102 Å². The molecular weight excluding hydrogens is 394 g/mol. The van der Waals surface area contributed by atoms with Crippen LogP contribution in [0.1, 0.15) is 5.56 Å². The summed E-state index contributed by atoms with van der Waals surface area (Å²) in [7, 11) is 1.44. The number of para-hydroxylation sites is 2. The van der Waals surface area contributed by atoms with E-state index < -0.39 is 23.4 Å². The van der Waals surface area contributed by atoms with Gasteiger partial charge in [0.15, 0.2) is 0 Å². The first-order valence-corrected chi connectivity index (χ1v) is 9.16. The molecule has 4 rings (SSSR count). The first-order valence-electron chi connectivity index (χ1n) is 8.78. The summed E-state index contributed by atoms with van der Waals surface area (Å²) in [5.41, 5.74) is -1.09. The van der Waals surface area contributed by atoms with Gasteiger partial charge in [0.05, 0.1) is 28.6 Å². The Morgan fingerprint density at radius 3 is 1.86 bits per heavy atom. The minimum absolute atomic E-state index is 0.0230. The Morgan fingerprint density at radius 1 is 0.828 bits per heavy atom. The van der Waals surface area contributed by atoms with Crippen molar-refractivity contribution in [2.24, 2.45) is 7.05 Å². The van der Waals surface area contributed by atoms with Crippen LogP contribution in [-0.2, 0) is 13.7 Å². The van der Waals surface area contributed by atoms with E-state index in [1.54, 1.807) is 60.7 Å². The molecular formula is C21H16ClN3O4. The number of fused-ring (bicyclic) bond motifs is 1. The third-order valence-electron chi connectivity index (χ3n) is 4.79. The summed E-state index contributed by atoms with van der Waals surface area (Å²) in [5.74, 6) is 0. The first-order chi connectivity index (χ1) is 14.0. The van der Waals surface area contributed by atoms with E-state index in [0.717, 1.165) is 9.13 Å². The van der Waals surface area contributed by atoms with Gasteiger partial charge in [-0.25, -0.2) is 13.9 Å². The lowest BCUT2D eigenvalue weighted by molar-refractivity contribution is 0.280. The number of halogens is 1. The standard InChI is InChI=1S/C21H16ClN3O4/c1-23-18-16(17(22)15(12-26)19(23)27)20(28)25(14-10-6-3-7-11-14)21(29)24(18)13-8-4-2-5-9-13/h2-11,26H,12H2,1H3. The molecule has 0 spiro atoms. The smallest absolute Gasteiger partial charge is 0.341 e. The maximum absolute atomic E-state index is 13.5. The zero-order chi connectivity index (χ0) is 20.7. The molecule has 0 bridgehead atoms. The Kier molecular flexibility index (Phi) is 4.70. The normalized spacial score (nSPS) is 11.1. The minimum Gasteiger partial charge on any atom is -0.391 e. The number of pyridine rings is 1. The molecule has 0 unspecified atom stereocenters. The number of rotatable bonds is 3. The third kappa shape index (κ3) is 2.83. The molecule has 29 heavy (non-hydrogen) atoms. The zero-order valence-corrected chi connectivity index (χ0v) is 16.1. The molecule has 2 aromatic carbocycles. The highest BCUT2D eigenvalue weighted by atomic mass is 35.5. The van der Waals surface area contributed by atoms with Gasteiger partial charge in [0.1, 0.15) is 11.0 Å². The molecule has 2 heterocycles. The number of aliphatic hydroxyl groups excluding tert-OH is 1. The van der Waals surface area contributed by atoms with Gasteiger partial charge in [0.2, 0.25) is 0 Å². The number of hydrogen-bond donors (Lipinski definition) is 1. The van der Waals surface area contributed by atoms with Crippen LogP contribution in [-0.4, -0.2) is 18.8 Å². The van der Waals surface area contributed by atoms with Gasteiger partial charge in [0, 0.05) is 7.05 Å². The Bertz CT molecular complexity index is 1400. The Balaban J connectivity index is 2.35. The third-order valence-corrected chi connectivity index (χ3v) is 5.20. The van der Waals surface area contributed by atoms with Gasteiger partial charge < -0.3 is 5.11 Å². The summed E-state index contributed by atoms with van der Waals surface area (Å²) in [4.78, 5) is 39.5. The van der Waals surface area contributed by atoms with E-state index in [-0.39, 0.29) is 21.6 Å². The molecule has 0 saturated heterocycles. The predicted molar refractivity (Wildman–Crippen MR) is 111 cm³/mol. The average molecular weight is 410 g/mol. The molecule has 4 aromatic rings. The molecule has 1 N–H and O–H groups in total. The molecule has 0 atom stereocenters. The molecule has 0 saturated carbocycles. The summed E-state index contributed by atoms with van der Waals surface area (Å²) in [6.45, 7) is -0.628. The van der Waals surface area contributed by atoms with Crippen LogP contribution < -0.4 is 16.8 Å². The predicted octanol–water partition coefficient (Wildman–Crippen LogP) is 1.99. The van der Waals surface area contributed by atoms with E-state index in [9.17, 15) is 19.5 Å². The lowest BCUT2D eigenvalue weighted by Crippen LogP contribution is -2.41. The second kappa shape index (κ2) is 7.20. The maximum Gasteiger partial charge on any atom is 0.341 e. The Hall–Kier alpha value is -3.42. The van der Waals surface area contributed by atoms with Crippen LogP contribution in [0.15, 0.2) is 75.0 Å². The van der Waals surface area contributed by atoms with Gasteiger partial charge in [-0.05, 0) is 24.3 Å². The van der Waals surface area contributed by atoms with Crippen molar-refractivity contribution in [1.29, 1.82) is 0 Å². The van der Waals surface area contributed by atoms with Crippen LogP contribution in [0.5, 0.6) is 0 Å². The van der Waals surface area contributed by atoms with Crippen LogP contribution >= 0.6 is 11.6 Å². The van der Waals surface area contributed by atoms with E-state index in [4.69, 9.17) is 11.6 Å². The summed E-state index contributed by atoms with van der Waals surface area (Å²) in [6, 6.07) is 17.1. The zero-order valence-electron chi connectivity index (χ0n) is 15.4. The van der Waals surface area contributed by atoms with Crippen molar-refractivity contribution in [3.63, 3.8) is 0 Å². The number of benzene rings is 2. The molecule has 146 valence electrons. The van der Waals surface area contributed by atoms with Gasteiger partial charge in [0.25, 0.3) is 11.1 Å². The number of hydrogen-bond acceptors (Lipinski definition) is 4. The largest absolute Gasteiger partial charge is 0.391 e.